The lowest BCUT2D eigenvalue weighted by atomic mass is 10.1. The van der Waals surface area contributed by atoms with Crippen LogP contribution in [0.3, 0.4) is 0 Å². The number of nitrogens with one attached hydrogen (secondary N) is 4. The number of imide groups is 1. The predicted octanol–water partition coefficient (Wildman–Crippen LogP) is 1.70. The van der Waals surface area contributed by atoms with Crippen LogP contribution in [0.15, 0.2) is 35.5 Å². The largest absolute Gasteiger partial charge is 0.372 e. The number of pyridine rings is 1. The summed E-state index contributed by atoms with van der Waals surface area (Å²) in [6.07, 6.45) is 5.23. The molecule has 3 aliphatic rings. The molecule has 1 aliphatic carbocycles. The quantitative estimate of drug-likeness (QED) is 0.107. The highest BCUT2D eigenvalue weighted by molar-refractivity contribution is 7.12. The van der Waals surface area contributed by atoms with E-state index < -0.39 is 11.9 Å². The van der Waals surface area contributed by atoms with Crippen molar-refractivity contribution in [1.82, 2.24) is 20.2 Å². The zero-order valence-corrected chi connectivity index (χ0v) is 22.3. The normalized spacial score (nSPS) is 22.3. The smallest absolute Gasteiger partial charge is 0.326 e. The van der Waals surface area contributed by atoms with Gasteiger partial charge in [0.1, 0.15) is 5.70 Å². The van der Waals surface area contributed by atoms with Gasteiger partial charge in [-0.3, -0.25) is 25.6 Å². The molecule has 12 nitrogen and oxygen atoms in total. The lowest BCUT2D eigenvalue weighted by Crippen LogP contribution is -2.48. The minimum atomic E-state index is -0.592. The summed E-state index contributed by atoms with van der Waals surface area (Å²) in [5.74, 6) is -0.0386. The van der Waals surface area contributed by atoms with Crippen molar-refractivity contribution in [2.24, 2.45) is 5.73 Å². The summed E-state index contributed by atoms with van der Waals surface area (Å²) in [6, 6.07) is 5.51. The second kappa shape index (κ2) is 9.50. The van der Waals surface area contributed by atoms with Crippen LogP contribution in [0.4, 0.5) is 10.6 Å². The standard InChI is InChI=1S/C26H28N8O4S/c1-13-9-32(10-14(2)38-13)24(36)21-7-17(12-39-21)15-6-20-16(5-19-23(35)31-26(37)30-19)11-33(25(27)28)34(20)22(8-15)29-18-3-4-18/h5-8,11-14,18H,3-4,9-10H2,1-2H3,(H5,27,28,30,31,35,37)/p+1/b19-5-. The van der Waals surface area contributed by atoms with Crippen LogP contribution in [0.1, 0.15) is 41.9 Å². The zero-order valence-electron chi connectivity index (χ0n) is 21.5. The number of fused-ring (bicyclic) bond motifs is 1. The third-order valence-electron chi connectivity index (χ3n) is 6.86. The first-order valence-corrected chi connectivity index (χ1v) is 13.6. The number of ether oxygens (including phenoxy) is 1. The number of thiophene rings is 1. The molecule has 3 aromatic rings. The molecule has 3 aromatic heterocycles. The molecule has 0 aromatic carbocycles. The van der Waals surface area contributed by atoms with E-state index in [1.54, 1.807) is 16.8 Å². The molecule has 13 heteroatoms. The third kappa shape index (κ3) is 4.86. The van der Waals surface area contributed by atoms with Crippen molar-refractivity contribution in [2.75, 3.05) is 18.4 Å². The molecule has 2 unspecified atom stereocenters. The summed E-state index contributed by atoms with van der Waals surface area (Å²) in [6.45, 7) is 5.04. The fraction of sp³-hybridized carbons (Fsp3) is 0.346. The maximum atomic E-state index is 13.3. The second-order valence-electron chi connectivity index (χ2n) is 10.2. The van der Waals surface area contributed by atoms with Crippen molar-refractivity contribution in [1.29, 1.82) is 5.41 Å². The van der Waals surface area contributed by atoms with Gasteiger partial charge in [0.25, 0.3) is 17.6 Å². The first kappa shape index (κ1) is 25.1. The third-order valence-corrected chi connectivity index (χ3v) is 7.78. The first-order chi connectivity index (χ1) is 18.7. The molecule has 4 amide bonds. The molecule has 1 saturated carbocycles. The van der Waals surface area contributed by atoms with E-state index in [1.807, 2.05) is 42.3 Å². The number of rotatable bonds is 5. The van der Waals surface area contributed by atoms with Gasteiger partial charge in [-0.05, 0) is 61.4 Å². The Labute approximate surface area is 227 Å². The number of anilines is 1. The monoisotopic (exact) mass is 549 g/mol. The van der Waals surface area contributed by atoms with Gasteiger partial charge >= 0.3 is 6.03 Å². The Balaban J connectivity index is 1.43. The Kier molecular flexibility index (Phi) is 6.11. The van der Waals surface area contributed by atoms with Crippen LogP contribution in [0.25, 0.3) is 22.7 Å². The topological polar surface area (TPSA) is 159 Å². The van der Waals surface area contributed by atoms with Gasteiger partial charge in [0, 0.05) is 24.7 Å². The lowest BCUT2D eigenvalue weighted by Gasteiger charge is -2.35. The average Bonchev–Trinajstić information content (AvgIpc) is 3.28. The maximum Gasteiger partial charge on any atom is 0.326 e. The van der Waals surface area contributed by atoms with Crippen molar-refractivity contribution in [3.05, 3.63) is 45.9 Å². The number of nitrogen functional groups attached to an aromatic ring is 1. The fourth-order valence-corrected chi connectivity index (χ4v) is 5.90. The highest BCUT2D eigenvalue weighted by atomic mass is 32.1. The fourth-order valence-electron chi connectivity index (χ4n) is 5.01. The summed E-state index contributed by atoms with van der Waals surface area (Å²) < 4.78 is 9.04. The highest BCUT2D eigenvalue weighted by Crippen LogP contribution is 2.32. The summed E-state index contributed by atoms with van der Waals surface area (Å²) in [5, 5.41) is 18.3. The SMILES string of the molecule is CC1CN(C(=O)c2cc(-c3cc(NC4CC4)[n+]4c(c3)c(/C=C3\NC(=O)NC3=O)cn4C(=N)N)cs2)CC(C)O1. The predicted molar refractivity (Wildman–Crippen MR) is 145 cm³/mol. The van der Waals surface area contributed by atoms with Gasteiger partial charge in [-0.2, -0.15) is 4.68 Å². The molecule has 2 saturated heterocycles. The van der Waals surface area contributed by atoms with E-state index in [0.29, 0.717) is 35.1 Å². The van der Waals surface area contributed by atoms with Crippen molar-refractivity contribution in [2.45, 2.75) is 44.9 Å². The number of hydrogen-bond acceptors (Lipinski definition) is 7. The number of nitrogens with zero attached hydrogens (tertiary/aromatic N) is 3. The Hall–Kier alpha value is -4.23. The molecule has 3 fully saturated rings. The molecule has 2 atom stereocenters. The minimum absolute atomic E-state index is 0.0165. The average molecular weight is 550 g/mol. The molecule has 0 spiro atoms. The molecule has 2 aliphatic heterocycles. The Morgan fingerprint density at radius 2 is 1.92 bits per heavy atom. The number of carbonyl (C=O) groups is 3. The van der Waals surface area contributed by atoms with E-state index in [9.17, 15) is 14.4 Å². The number of carbonyl (C=O) groups excluding carboxylic acids is 3. The Morgan fingerprint density at radius 1 is 1.18 bits per heavy atom. The van der Waals surface area contributed by atoms with Crippen LogP contribution < -0.4 is 26.2 Å². The number of hydrogen-bond donors (Lipinski definition) is 5. The number of amides is 4. The van der Waals surface area contributed by atoms with Gasteiger partial charge in [0.2, 0.25) is 5.96 Å². The van der Waals surface area contributed by atoms with Gasteiger partial charge < -0.3 is 20.7 Å². The van der Waals surface area contributed by atoms with Crippen molar-refractivity contribution < 1.29 is 23.6 Å². The van der Waals surface area contributed by atoms with E-state index >= 15 is 0 Å². The minimum Gasteiger partial charge on any atom is -0.372 e. The summed E-state index contributed by atoms with van der Waals surface area (Å²) in [7, 11) is 0. The summed E-state index contributed by atoms with van der Waals surface area (Å²) in [4.78, 5) is 39.7. The second-order valence-corrected chi connectivity index (χ2v) is 11.1. The van der Waals surface area contributed by atoms with Crippen molar-refractivity contribution >= 4 is 52.6 Å². The molecule has 202 valence electrons. The molecule has 6 rings (SSSR count). The zero-order chi connectivity index (χ0) is 27.4. The van der Waals surface area contributed by atoms with Crippen molar-refractivity contribution in [3.63, 3.8) is 0 Å². The number of morpholine rings is 1. The number of nitrogens with two attached hydrogens (primary N) is 1. The van der Waals surface area contributed by atoms with Gasteiger partial charge in [0.05, 0.1) is 29.3 Å². The molecular weight excluding hydrogens is 520 g/mol. The van der Waals surface area contributed by atoms with E-state index in [2.05, 4.69) is 16.0 Å². The number of urea groups is 1. The van der Waals surface area contributed by atoms with Gasteiger partial charge in [-0.1, -0.05) is 0 Å². The van der Waals surface area contributed by atoms with Crippen molar-refractivity contribution in [3.8, 4) is 11.1 Å². The van der Waals surface area contributed by atoms with Crippen LogP contribution in [0.2, 0.25) is 0 Å². The van der Waals surface area contributed by atoms with Crippen LogP contribution in [0.5, 0.6) is 0 Å². The first-order valence-electron chi connectivity index (χ1n) is 12.8. The van der Waals surface area contributed by atoms with Crippen LogP contribution in [-0.2, 0) is 9.53 Å². The van der Waals surface area contributed by atoms with Crippen LogP contribution in [0, 0.1) is 5.41 Å². The van der Waals surface area contributed by atoms with Crippen LogP contribution in [-0.4, -0.2) is 64.7 Å². The summed E-state index contributed by atoms with van der Waals surface area (Å²) >= 11 is 1.40. The van der Waals surface area contributed by atoms with E-state index in [1.165, 1.54) is 16.0 Å². The number of aromatic nitrogens is 2. The van der Waals surface area contributed by atoms with Gasteiger partial charge in [0.15, 0.2) is 5.52 Å². The highest BCUT2D eigenvalue weighted by Gasteiger charge is 2.32. The Morgan fingerprint density at radius 3 is 2.56 bits per heavy atom. The lowest BCUT2D eigenvalue weighted by molar-refractivity contribution is -0.579. The molecular formula is C26H29N8O4S+. The molecule has 6 N–H and O–H groups in total. The van der Waals surface area contributed by atoms with E-state index in [0.717, 1.165) is 29.8 Å². The van der Waals surface area contributed by atoms with Gasteiger partial charge in [-0.15, -0.1) is 15.9 Å². The molecule has 0 radical (unpaired) electrons. The van der Waals surface area contributed by atoms with Crippen LogP contribution >= 0.6 is 11.3 Å². The van der Waals surface area contributed by atoms with Gasteiger partial charge in [-0.25, -0.2) is 4.79 Å². The summed E-state index contributed by atoms with van der Waals surface area (Å²) in [5.41, 5.74) is 9.01. The van der Waals surface area contributed by atoms with E-state index in [4.69, 9.17) is 15.9 Å². The Bertz CT molecular complexity index is 1560. The maximum absolute atomic E-state index is 13.3. The molecule has 0 bridgehead atoms. The van der Waals surface area contributed by atoms with E-state index in [-0.39, 0.29) is 29.8 Å². The molecule has 39 heavy (non-hydrogen) atoms. The molecule has 5 heterocycles.